The Morgan fingerprint density at radius 1 is 1.10 bits per heavy atom. The zero-order valence-electron chi connectivity index (χ0n) is 17.8. The summed E-state index contributed by atoms with van der Waals surface area (Å²) < 4.78 is 4.47. The van der Waals surface area contributed by atoms with Crippen LogP contribution in [0.25, 0.3) is 0 Å². The lowest BCUT2D eigenvalue weighted by molar-refractivity contribution is -0.145. The fraction of sp³-hybridized carbons (Fsp3) is 0.684. The highest BCUT2D eigenvalue weighted by atomic mass is 35.5. The van der Waals surface area contributed by atoms with Gasteiger partial charge in [0.25, 0.3) is 17.7 Å². The Balaban J connectivity index is 1.93. The van der Waals surface area contributed by atoms with Gasteiger partial charge in [-0.3, -0.25) is 14.4 Å². The normalized spacial score (nSPS) is 18.3. The molecule has 1 aromatic heterocycles. The molecular formula is C19H26Cl2N6O3S. The zero-order chi connectivity index (χ0) is 22.8. The van der Waals surface area contributed by atoms with Gasteiger partial charge in [0.05, 0.1) is 18.8 Å². The van der Waals surface area contributed by atoms with E-state index in [4.69, 9.17) is 23.2 Å². The van der Waals surface area contributed by atoms with Crippen LogP contribution in [0.2, 0.25) is 0 Å². The van der Waals surface area contributed by atoms with E-state index in [0.29, 0.717) is 29.3 Å². The molecule has 1 aromatic rings. The maximum Gasteiger partial charge on any atom is 0.277 e. The maximum absolute atomic E-state index is 13.2. The standard InChI is InChI=1S/C19H26Cl2N6O3S/c1-19(2,3)14-12(16(28)25-8-4-5-9-25)15(31-24-14)23-22-13-17(29)26(10-6-20)27(11-7-21)18(13)30/h13H,4-11H2,1-3H3. The Morgan fingerprint density at radius 3 is 2.13 bits per heavy atom. The number of alkyl halides is 2. The molecule has 0 unspecified atom stereocenters. The minimum Gasteiger partial charge on any atom is -0.338 e. The maximum atomic E-state index is 13.2. The van der Waals surface area contributed by atoms with Gasteiger partial charge in [-0.1, -0.05) is 20.8 Å². The number of carbonyl (C=O) groups excluding carboxylic acids is 3. The third-order valence-electron chi connectivity index (χ3n) is 5.12. The molecule has 0 spiro atoms. The van der Waals surface area contributed by atoms with Gasteiger partial charge in [0, 0.05) is 30.3 Å². The number of amides is 3. The molecule has 0 aromatic carbocycles. The van der Waals surface area contributed by atoms with Crippen molar-refractivity contribution in [3.63, 3.8) is 0 Å². The lowest BCUT2D eigenvalue weighted by Gasteiger charge is -2.25. The minimum absolute atomic E-state index is 0.137. The predicted octanol–water partition coefficient (Wildman–Crippen LogP) is 3.19. The third kappa shape index (κ3) is 4.85. The van der Waals surface area contributed by atoms with Crippen molar-refractivity contribution < 1.29 is 14.4 Å². The smallest absolute Gasteiger partial charge is 0.277 e. The molecule has 12 heteroatoms. The Labute approximate surface area is 195 Å². The molecule has 9 nitrogen and oxygen atoms in total. The van der Waals surface area contributed by atoms with Crippen LogP contribution in [-0.4, -0.2) is 81.0 Å². The average molecular weight is 489 g/mol. The summed E-state index contributed by atoms with van der Waals surface area (Å²) >= 11 is 12.6. The number of azo groups is 1. The first-order chi connectivity index (χ1) is 14.7. The first-order valence-corrected chi connectivity index (χ1v) is 12.0. The highest BCUT2D eigenvalue weighted by molar-refractivity contribution is 7.10. The van der Waals surface area contributed by atoms with Crippen molar-refractivity contribution >= 4 is 57.5 Å². The van der Waals surface area contributed by atoms with Crippen LogP contribution in [0.4, 0.5) is 5.00 Å². The fourth-order valence-electron chi connectivity index (χ4n) is 3.59. The van der Waals surface area contributed by atoms with Gasteiger partial charge < -0.3 is 4.90 Å². The van der Waals surface area contributed by atoms with E-state index in [1.54, 1.807) is 4.90 Å². The van der Waals surface area contributed by atoms with E-state index in [-0.39, 0.29) is 36.2 Å². The molecule has 2 saturated heterocycles. The molecule has 0 N–H and O–H groups in total. The molecule has 2 fully saturated rings. The summed E-state index contributed by atoms with van der Waals surface area (Å²) in [5.41, 5.74) is 0.665. The molecule has 0 bridgehead atoms. The van der Waals surface area contributed by atoms with Gasteiger partial charge in [0.15, 0.2) is 5.00 Å². The Morgan fingerprint density at radius 2 is 1.65 bits per heavy atom. The summed E-state index contributed by atoms with van der Waals surface area (Å²) in [6, 6.07) is -1.32. The number of halogens is 2. The van der Waals surface area contributed by atoms with E-state index >= 15 is 0 Å². The number of hydrogen-bond donors (Lipinski definition) is 0. The van der Waals surface area contributed by atoms with Crippen LogP contribution in [0.5, 0.6) is 0 Å². The third-order valence-corrected chi connectivity index (χ3v) is 6.19. The van der Waals surface area contributed by atoms with Gasteiger partial charge in [0.2, 0.25) is 6.04 Å². The fourth-order valence-corrected chi connectivity index (χ4v) is 4.81. The summed E-state index contributed by atoms with van der Waals surface area (Å²) in [5.74, 6) is -0.818. The van der Waals surface area contributed by atoms with Crippen LogP contribution in [-0.2, 0) is 15.0 Å². The van der Waals surface area contributed by atoms with E-state index in [1.165, 1.54) is 10.0 Å². The molecule has 2 aliphatic rings. The summed E-state index contributed by atoms with van der Waals surface area (Å²) in [5, 5.41) is 11.0. The zero-order valence-corrected chi connectivity index (χ0v) is 20.1. The number of likely N-dealkylation sites (tertiary alicyclic amines) is 1. The van der Waals surface area contributed by atoms with E-state index in [2.05, 4.69) is 14.6 Å². The van der Waals surface area contributed by atoms with E-state index in [1.807, 2.05) is 20.8 Å². The molecule has 0 aliphatic carbocycles. The summed E-state index contributed by atoms with van der Waals surface area (Å²) in [4.78, 5) is 40.4. The van der Waals surface area contributed by atoms with Crippen LogP contribution < -0.4 is 0 Å². The van der Waals surface area contributed by atoms with Crippen LogP contribution in [0.1, 0.15) is 49.7 Å². The van der Waals surface area contributed by atoms with Gasteiger partial charge in [-0.2, -0.15) is 9.49 Å². The Hall–Kier alpha value is -1.78. The molecule has 3 amide bonds. The number of rotatable bonds is 7. The number of hydrazine groups is 1. The van der Waals surface area contributed by atoms with Crippen molar-refractivity contribution in [1.82, 2.24) is 19.3 Å². The number of carbonyl (C=O) groups is 3. The van der Waals surface area contributed by atoms with Gasteiger partial charge in [-0.15, -0.1) is 28.3 Å². The molecule has 170 valence electrons. The Bertz CT molecular complexity index is 854. The highest BCUT2D eigenvalue weighted by Crippen LogP contribution is 2.37. The highest BCUT2D eigenvalue weighted by Gasteiger charge is 2.45. The number of nitrogens with zero attached hydrogens (tertiary/aromatic N) is 6. The van der Waals surface area contributed by atoms with Crippen LogP contribution in [0.15, 0.2) is 10.2 Å². The average Bonchev–Trinajstić information content (AvgIpc) is 3.43. The monoisotopic (exact) mass is 488 g/mol. The van der Waals surface area contributed by atoms with Crippen molar-refractivity contribution in [2.45, 2.75) is 45.1 Å². The second kappa shape index (κ2) is 9.79. The first-order valence-electron chi connectivity index (χ1n) is 10.2. The van der Waals surface area contributed by atoms with Crippen molar-refractivity contribution in [3.05, 3.63) is 11.3 Å². The number of hydrogen-bond acceptors (Lipinski definition) is 7. The molecule has 2 aliphatic heterocycles. The van der Waals surface area contributed by atoms with Gasteiger partial charge in [-0.25, -0.2) is 10.0 Å². The van der Waals surface area contributed by atoms with Crippen molar-refractivity contribution in [1.29, 1.82) is 0 Å². The van der Waals surface area contributed by atoms with Crippen molar-refractivity contribution in [3.8, 4) is 0 Å². The molecular weight excluding hydrogens is 463 g/mol. The van der Waals surface area contributed by atoms with Gasteiger partial charge >= 0.3 is 0 Å². The molecule has 31 heavy (non-hydrogen) atoms. The van der Waals surface area contributed by atoms with E-state index < -0.39 is 17.9 Å². The van der Waals surface area contributed by atoms with Crippen LogP contribution >= 0.6 is 34.7 Å². The summed E-state index contributed by atoms with van der Waals surface area (Å²) in [6.45, 7) is 7.64. The first kappa shape index (κ1) is 23.9. The topological polar surface area (TPSA) is 98.5 Å². The number of aromatic nitrogens is 1. The predicted molar refractivity (Wildman–Crippen MR) is 119 cm³/mol. The second-order valence-corrected chi connectivity index (χ2v) is 9.89. The van der Waals surface area contributed by atoms with E-state index in [9.17, 15) is 14.4 Å². The molecule has 3 rings (SSSR count). The SMILES string of the molecule is CC(C)(C)c1nsc(N=NC2C(=O)N(CCCl)N(CCCl)C2=O)c1C(=O)N1CCCC1. The Kier molecular flexibility index (Phi) is 7.54. The van der Waals surface area contributed by atoms with Crippen LogP contribution in [0, 0.1) is 0 Å². The van der Waals surface area contributed by atoms with E-state index in [0.717, 1.165) is 24.4 Å². The van der Waals surface area contributed by atoms with Gasteiger partial charge in [0.1, 0.15) is 5.56 Å². The van der Waals surface area contributed by atoms with Crippen molar-refractivity contribution in [2.75, 3.05) is 37.9 Å². The van der Waals surface area contributed by atoms with Crippen molar-refractivity contribution in [2.24, 2.45) is 10.2 Å². The summed E-state index contributed by atoms with van der Waals surface area (Å²) in [7, 11) is 0. The van der Waals surface area contributed by atoms with Gasteiger partial charge in [-0.05, 0) is 24.4 Å². The molecule has 0 atom stereocenters. The lowest BCUT2D eigenvalue weighted by atomic mass is 9.89. The quantitative estimate of drug-likeness (QED) is 0.334. The minimum atomic E-state index is -1.32. The summed E-state index contributed by atoms with van der Waals surface area (Å²) in [6.07, 6.45) is 1.92. The molecule has 0 saturated carbocycles. The second-order valence-electron chi connectivity index (χ2n) is 8.38. The molecule has 3 heterocycles. The van der Waals surface area contributed by atoms with Crippen LogP contribution in [0.3, 0.4) is 0 Å². The largest absolute Gasteiger partial charge is 0.338 e. The lowest BCUT2D eigenvalue weighted by Crippen LogP contribution is -2.43. The molecule has 0 radical (unpaired) electrons.